The third-order valence-corrected chi connectivity index (χ3v) is 4.84. The van der Waals surface area contributed by atoms with Crippen molar-refractivity contribution in [2.45, 2.75) is 19.8 Å². The summed E-state index contributed by atoms with van der Waals surface area (Å²) in [5.41, 5.74) is 1.47. The second kappa shape index (κ2) is 10.6. The lowest BCUT2D eigenvalue weighted by Gasteiger charge is -2.27. The highest BCUT2D eigenvalue weighted by Gasteiger charge is 2.17. The molecule has 1 aliphatic rings. The second-order valence-electron chi connectivity index (χ2n) is 6.99. The lowest BCUT2D eigenvalue weighted by Crippen LogP contribution is -2.38. The highest BCUT2D eigenvalue weighted by atomic mass is 16.6. The molecule has 0 saturated carbocycles. The molecule has 0 radical (unpaired) electrons. The molecular formula is C21H26N4O6. The van der Waals surface area contributed by atoms with Crippen LogP contribution < -0.4 is 20.5 Å². The normalized spacial score (nSPS) is 13.5. The minimum absolute atomic E-state index is 0.142. The third-order valence-electron chi connectivity index (χ3n) is 4.84. The Balaban J connectivity index is 1.53. The molecule has 1 aromatic carbocycles. The Morgan fingerprint density at radius 1 is 1.23 bits per heavy atom. The van der Waals surface area contributed by atoms with Gasteiger partial charge in [0.2, 0.25) is 11.9 Å². The maximum Gasteiger partial charge on any atom is 0.343 e. The molecule has 31 heavy (non-hydrogen) atoms. The number of methoxy groups -OCH3 is 1. The molecule has 1 saturated heterocycles. The molecule has 0 spiro atoms. The van der Waals surface area contributed by atoms with Gasteiger partial charge in [-0.15, -0.1) is 0 Å². The fraction of sp³-hybridized carbons (Fsp3) is 0.429. The van der Waals surface area contributed by atoms with E-state index < -0.39 is 5.97 Å². The average Bonchev–Trinajstić information content (AvgIpc) is 2.78. The standard InChI is InChI=1S/C21H26N4O6/c1-14-17(20(28)24-21(22-14)25-9-11-30-12-10-25)7-8-18(26)23-15-3-5-16(6-4-15)31-13-19(27)29-2/h3-6H,7-13H2,1-2H3,(H,23,26)(H,22,24,28). The van der Waals surface area contributed by atoms with E-state index in [0.717, 1.165) is 0 Å². The van der Waals surface area contributed by atoms with Gasteiger partial charge in [0.25, 0.3) is 5.56 Å². The van der Waals surface area contributed by atoms with E-state index in [1.54, 1.807) is 31.2 Å². The number of H-pyrrole nitrogens is 1. The minimum Gasteiger partial charge on any atom is -0.482 e. The predicted molar refractivity (Wildman–Crippen MR) is 114 cm³/mol. The van der Waals surface area contributed by atoms with Crippen LogP contribution in [0.5, 0.6) is 5.75 Å². The second-order valence-corrected chi connectivity index (χ2v) is 6.99. The number of anilines is 2. The van der Waals surface area contributed by atoms with Crippen LogP contribution in [0.15, 0.2) is 29.1 Å². The summed E-state index contributed by atoms with van der Waals surface area (Å²) in [6.07, 6.45) is 0.423. The number of rotatable bonds is 8. The van der Waals surface area contributed by atoms with Gasteiger partial charge in [-0.05, 0) is 37.6 Å². The van der Waals surface area contributed by atoms with E-state index in [1.165, 1.54) is 7.11 Å². The quantitative estimate of drug-likeness (QED) is 0.596. The number of esters is 1. The Labute approximate surface area is 179 Å². The van der Waals surface area contributed by atoms with E-state index in [1.807, 2.05) is 4.90 Å². The van der Waals surface area contributed by atoms with E-state index in [4.69, 9.17) is 9.47 Å². The Hall–Kier alpha value is -3.40. The number of aromatic amines is 1. The number of hydrogen-bond donors (Lipinski definition) is 2. The summed E-state index contributed by atoms with van der Waals surface area (Å²) < 4.78 is 15.1. The molecule has 166 valence electrons. The van der Waals surface area contributed by atoms with Crippen LogP contribution in [-0.4, -0.2) is 61.9 Å². The number of ether oxygens (including phenoxy) is 3. The highest BCUT2D eigenvalue weighted by molar-refractivity contribution is 5.90. The van der Waals surface area contributed by atoms with Crippen LogP contribution in [0.1, 0.15) is 17.7 Å². The lowest BCUT2D eigenvalue weighted by atomic mass is 10.1. The predicted octanol–water partition coefficient (Wildman–Crippen LogP) is 1.04. The van der Waals surface area contributed by atoms with Gasteiger partial charge in [0.15, 0.2) is 6.61 Å². The minimum atomic E-state index is -0.477. The lowest BCUT2D eigenvalue weighted by molar-refractivity contribution is -0.142. The van der Waals surface area contributed by atoms with Gasteiger partial charge < -0.3 is 24.4 Å². The van der Waals surface area contributed by atoms with Crippen molar-refractivity contribution >= 4 is 23.5 Å². The summed E-state index contributed by atoms with van der Waals surface area (Å²) >= 11 is 0. The first kappa shape index (κ1) is 22.3. The number of nitrogens with one attached hydrogen (secondary N) is 2. The molecule has 2 N–H and O–H groups in total. The first-order valence-corrected chi connectivity index (χ1v) is 9.98. The number of morpholine rings is 1. The van der Waals surface area contributed by atoms with E-state index in [9.17, 15) is 14.4 Å². The van der Waals surface area contributed by atoms with Gasteiger partial charge in [0, 0.05) is 36.5 Å². The number of nitrogens with zero attached hydrogens (tertiary/aromatic N) is 2. The fourth-order valence-electron chi connectivity index (χ4n) is 3.11. The summed E-state index contributed by atoms with van der Waals surface area (Å²) in [5, 5.41) is 2.78. The molecule has 1 fully saturated rings. The largest absolute Gasteiger partial charge is 0.482 e. The molecule has 1 aliphatic heterocycles. The van der Waals surface area contributed by atoms with Crippen molar-refractivity contribution < 1.29 is 23.8 Å². The number of carbonyl (C=O) groups excluding carboxylic acids is 2. The Kier molecular flexibility index (Phi) is 7.60. The van der Waals surface area contributed by atoms with Crippen molar-refractivity contribution in [1.29, 1.82) is 0 Å². The zero-order valence-electron chi connectivity index (χ0n) is 17.6. The van der Waals surface area contributed by atoms with E-state index >= 15 is 0 Å². The zero-order valence-corrected chi connectivity index (χ0v) is 17.6. The first-order valence-electron chi connectivity index (χ1n) is 9.98. The van der Waals surface area contributed by atoms with Crippen LogP contribution in [0.3, 0.4) is 0 Å². The van der Waals surface area contributed by atoms with Crippen LogP contribution in [0.25, 0.3) is 0 Å². The van der Waals surface area contributed by atoms with Gasteiger partial charge in [0.05, 0.1) is 20.3 Å². The van der Waals surface area contributed by atoms with E-state index in [0.29, 0.717) is 54.9 Å². The SMILES string of the molecule is COC(=O)COc1ccc(NC(=O)CCc2c(C)nc(N3CCOCC3)[nH]c2=O)cc1. The molecule has 3 rings (SSSR count). The number of carbonyl (C=O) groups is 2. The average molecular weight is 430 g/mol. The highest BCUT2D eigenvalue weighted by Crippen LogP contribution is 2.16. The number of hydrogen-bond acceptors (Lipinski definition) is 8. The van der Waals surface area contributed by atoms with Gasteiger partial charge in [-0.1, -0.05) is 0 Å². The zero-order chi connectivity index (χ0) is 22.2. The molecule has 10 nitrogen and oxygen atoms in total. The summed E-state index contributed by atoms with van der Waals surface area (Å²) in [6.45, 7) is 4.15. The number of amides is 1. The molecular weight excluding hydrogens is 404 g/mol. The summed E-state index contributed by atoms with van der Waals surface area (Å²) in [5.74, 6) is 0.319. The maximum atomic E-state index is 12.5. The van der Waals surface area contributed by atoms with E-state index in [-0.39, 0.29) is 30.9 Å². The summed E-state index contributed by atoms with van der Waals surface area (Å²) in [6, 6.07) is 6.62. The number of benzene rings is 1. The molecule has 2 heterocycles. The Morgan fingerprint density at radius 3 is 2.58 bits per heavy atom. The molecule has 1 amide bonds. The van der Waals surface area contributed by atoms with Crippen LogP contribution in [0.2, 0.25) is 0 Å². The van der Waals surface area contributed by atoms with E-state index in [2.05, 4.69) is 20.0 Å². The Morgan fingerprint density at radius 2 is 1.94 bits per heavy atom. The van der Waals surface area contributed by atoms with Crippen LogP contribution in [-0.2, 0) is 25.5 Å². The van der Waals surface area contributed by atoms with Crippen LogP contribution in [0.4, 0.5) is 11.6 Å². The van der Waals surface area contributed by atoms with Crippen molar-refractivity contribution in [3.8, 4) is 5.75 Å². The van der Waals surface area contributed by atoms with Gasteiger partial charge in [-0.3, -0.25) is 14.6 Å². The smallest absolute Gasteiger partial charge is 0.343 e. The topological polar surface area (TPSA) is 123 Å². The third kappa shape index (κ3) is 6.29. The fourth-order valence-corrected chi connectivity index (χ4v) is 3.11. The van der Waals surface area contributed by atoms with Gasteiger partial charge in [0.1, 0.15) is 5.75 Å². The van der Waals surface area contributed by atoms with Gasteiger partial charge in [-0.2, -0.15) is 0 Å². The van der Waals surface area contributed by atoms with Crippen LogP contribution >= 0.6 is 0 Å². The first-order chi connectivity index (χ1) is 15.0. The molecule has 0 bridgehead atoms. The number of aromatic nitrogens is 2. The van der Waals surface area contributed by atoms with Crippen molar-refractivity contribution in [3.05, 3.63) is 45.9 Å². The molecule has 1 aromatic heterocycles. The van der Waals surface area contributed by atoms with Crippen LogP contribution in [0, 0.1) is 6.92 Å². The molecule has 0 aliphatic carbocycles. The monoisotopic (exact) mass is 430 g/mol. The molecule has 0 unspecified atom stereocenters. The maximum absolute atomic E-state index is 12.5. The van der Waals surface area contributed by atoms with Crippen molar-refractivity contribution in [2.24, 2.45) is 0 Å². The molecule has 10 heteroatoms. The van der Waals surface area contributed by atoms with Crippen molar-refractivity contribution in [3.63, 3.8) is 0 Å². The van der Waals surface area contributed by atoms with Gasteiger partial charge in [-0.25, -0.2) is 9.78 Å². The number of aryl methyl sites for hydroxylation is 1. The summed E-state index contributed by atoms with van der Waals surface area (Å²) in [7, 11) is 1.29. The molecule has 2 aromatic rings. The van der Waals surface area contributed by atoms with Crippen molar-refractivity contribution in [1.82, 2.24) is 9.97 Å². The Bertz CT molecular complexity index is 967. The molecule has 0 atom stereocenters. The van der Waals surface area contributed by atoms with Crippen molar-refractivity contribution in [2.75, 3.05) is 50.2 Å². The van der Waals surface area contributed by atoms with Gasteiger partial charge >= 0.3 is 5.97 Å². The summed E-state index contributed by atoms with van der Waals surface area (Å²) in [4.78, 5) is 45.2.